The van der Waals surface area contributed by atoms with Gasteiger partial charge in [0.25, 0.3) is 0 Å². The molecule has 0 saturated carbocycles. The average molecular weight is 297 g/mol. The molecular weight excluding hydrogens is 280 g/mol. The first-order valence-corrected chi connectivity index (χ1v) is 6.85. The van der Waals surface area contributed by atoms with Crippen molar-refractivity contribution in [2.24, 2.45) is 11.1 Å². The number of anilines is 1. The van der Waals surface area contributed by atoms with Crippen LogP contribution in [0, 0.1) is 5.41 Å². The van der Waals surface area contributed by atoms with Crippen molar-refractivity contribution in [2.45, 2.75) is 19.8 Å². The molecule has 5 nitrogen and oxygen atoms in total. The number of carbonyl (C=O) groups excluding carboxylic acids is 1. The van der Waals surface area contributed by atoms with Crippen molar-refractivity contribution in [3.8, 4) is 0 Å². The molecule has 3 N–H and O–H groups in total. The standard InChI is InChI=1S/C14H17ClN2O3/c1-2-14(13(19)20)5-6-17(8-14)9-3-4-10(12(16)18)11(15)7-9/h3-4,7H,2,5-6,8H2,1H3,(H2,16,18)(H,19,20). The Kier molecular flexibility index (Phi) is 3.90. The number of hydrogen-bond donors (Lipinski definition) is 2. The fourth-order valence-electron chi connectivity index (χ4n) is 2.61. The Morgan fingerprint density at radius 1 is 1.50 bits per heavy atom. The Bertz CT molecular complexity index is 561. The SMILES string of the molecule is CCC1(C(=O)O)CCN(c2ccc(C(N)=O)c(Cl)c2)C1. The number of nitrogens with two attached hydrogens (primary N) is 1. The van der Waals surface area contributed by atoms with Crippen molar-refractivity contribution in [1.29, 1.82) is 0 Å². The van der Waals surface area contributed by atoms with E-state index in [0.717, 1.165) is 5.69 Å². The molecule has 1 saturated heterocycles. The lowest BCUT2D eigenvalue weighted by atomic mass is 9.84. The Labute approximate surface area is 122 Å². The maximum atomic E-state index is 11.4. The van der Waals surface area contributed by atoms with Crippen LogP contribution in [0.2, 0.25) is 5.02 Å². The normalized spacial score (nSPS) is 22.0. The maximum Gasteiger partial charge on any atom is 0.311 e. The van der Waals surface area contributed by atoms with Gasteiger partial charge in [0, 0.05) is 18.8 Å². The molecule has 1 aromatic carbocycles. The molecule has 1 heterocycles. The van der Waals surface area contributed by atoms with Crippen molar-refractivity contribution in [3.63, 3.8) is 0 Å². The number of nitrogens with zero attached hydrogens (tertiary/aromatic N) is 1. The lowest BCUT2D eigenvalue weighted by molar-refractivity contribution is -0.147. The predicted molar refractivity (Wildman–Crippen MR) is 77.2 cm³/mol. The van der Waals surface area contributed by atoms with Crippen LogP contribution in [0.1, 0.15) is 30.1 Å². The minimum atomic E-state index is -0.762. The van der Waals surface area contributed by atoms with Crippen molar-refractivity contribution in [3.05, 3.63) is 28.8 Å². The van der Waals surface area contributed by atoms with Crippen LogP contribution in [0.3, 0.4) is 0 Å². The van der Waals surface area contributed by atoms with E-state index in [0.29, 0.717) is 31.0 Å². The molecule has 1 aromatic rings. The summed E-state index contributed by atoms with van der Waals surface area (Å²) in [5.41, 5.74) is 5.60. The van der Waals surface area contributed by atoms with Gasteiger partial charge < -0.3 is 15.7 Å². The van der Waals surface area contributed by atoms with Gasteiger partial charge in [0.05, 0.1) is 16.0 Å². The van der Waals surface area contributed by atoms with Crippen molar-refractivity contribution >= 4 is 29.2 Å². The molecule has 1 fully saturated rings. The minimum Gasteiger partial charge on any atom is -0.481 e. The van der Waals surface area contributed by atoms with Gasteiger partial charge in [-0.05, 0) is 31.0 Å². The van der Waals surface area contributed by atoms with Crippen LogP contribution >= 0.6 is 11.6 Å². The summed E-state index contributed by atoms with van der Waals surface area (Å²) in [5, 5.41) is 9.68. The van der Waals surface area contributed by atoms with E-state index in [-0.39, 0.29) is 5.56 Å². The van der Waals surface area contributed by atoms with Gasteiger partial charge in [0.1, 0.15) is 0 Å². The lowest BCUT2D eigenvalue weighted by Gasteiger charge is -2.24. The highest BCUT2D eigenvalue weighted by Crippen LogP contribution is 2.37. The molecule has 1 aliphatic heterocycles. The average Bonchev–Trinajstić information content (AvgIpc) is 2.83. The molecule has 108 valence electrons. The highest BCUT2D eigenvalue weighted by Gasteiger charge is 2.43. The largest absolute Gasteiger partial charge is 0.481 e. The third-order valence-corrected chi connectivity index (χ3v) is 4.38. The van der Waals surface area contributed by atoms with Crippen LogP contribution in [0.5, 0.6) is 0 Å². The van der Waals surface area contributed by atoms with E-state index < -0.39 is 17.3 Å². The van der Waals surface area contributed by atoms with Crippen molar-refractivity contribution < 1.29 is 14.7 Å². The quantitative estimate of drug-likeness (QED) is 0.891. The summed E-state index contributed by atoms with van der Waals surface area (Å²) in [6.45, 7) is 3.00. The van der Waals surface area contributed by atoms with Gasteiger partial charge in [-0.2, -0.15) is 0 Å². The second-order valence-corrected chi connectivity index (χ2v) is 5.55. The smallest absolute Gasteiger partial charge is 0.311 e. The molecule has 20 heavy (non-hydrogen) atoms. The van der Waals surface area contributed by atoms with E-state index in [1.807, 2.05) is 11.8 Å². The van der Waals surface area contributed by atoms with E-state index in [2.05, 4.69) is 0 Å². The van der Waals surface area contributed by atoms with E-state index in [4.69, 9.17) is 17.3 Å². The third-order valence-electron chi connectivity index (χ3n) is 4.07. The van der Waals surface area contributed by atoms with Crippen LogP contribution in [-0.4, -0.2) is 30.1 Å². The van der Waals surface area contributed by atoms with Gasteiger partial charge in [-0.25, -0.2) is 0 Å². The molecule has 1 aliphatic rings. The Morgan fingerprint density at radius 3 is 2.65 bits per heavy atom. The van der Waals surface area contributed by atoms with E-state index >= 15 is 0 Å². The van der Waals surface area contributed by atoms with Crippen LogP contribution in [-0.2, 0) is 4.79 Å². The molecule has 1 unspecified atom stereocenters. The molecular formula is C14H17ClN2O3. The van der Waals surface area contributed by atoms with Crippen molar-refractivity contribution in [2.75, 3.05) is 18.0 Å². The predicted octanol–water partition coefficient (Wildman–Crippen LogP) is 2.13. The summed E-state index contributed by atoms with van der Waals surface area (Å²) < 4.78 is 0. The van der Waals surface area contributed by atoms with E-state index in [1.54, 1.807) is 18.2 Å². The van der Waals surface area contributed by atoms with Gasteiger partial charge in [-0.15, -0.1) is 0 Å². The van der Waals surface area contributed by atoms with Crippen LogP contribution < -0.4 is 10.6 Å². The number of carboxylic acid groups (broad SMARTS) is 1. The van der Waals surface area contributed by atoms with Crippen LogP contribution in [0.4, 0.5) is 5.69 Å². The van der Waals surface area contributed by atoms with Crippen LogP contribution in [0.15, 0.2) is 18.2 Å². The molecule has 0 radical (unpaired) electrons. The monoisotopic (exact) mass is 296 g/mol. The van der Waals surface area contributed by atoms with Crippen LogP contribution in [0.25, 0.3) is 0 Å². The maximum absolute atomic E-state index is 11.4. The number of carbonyl (C=O) groups is 2. The first-order chi connectivity index (χ1) is 9.39. The molecule has 6 heteroatoms. The van der Waals surface area contributed by atoms with E-state index in [9.17, 15) is 14.7 Å². The third kappa shape index (κ3) is 2.45. The Morgan fingerprint density at radius 2 is 2.20 bits per heavy atom. The molecule has 0 aromatic heterocycles. The Hall–Kier alpha value is -1.75. The van der Waals surface area contributed by atoms with Gasteiger partial charge in [0.15, 0.2) is 0 Å². The highest BCUT2D eigenvalue weighted by atomic mass is 35.5. The lowest BCUT2D eigenvalue weighted by Crippen LogP contribution is -2.34. The molecule has 0 spiro atoms. The summed E-state index contributed by atoms with van der Waals surface area (Å²) in [6, 6.07) is 4.99. The van der Waals surface area contributed by atoms with Crippen molar-refractivity contribution in [1.82, 2.24) is 0 Å². The van der Waals surface area contributed by atoms with Gasteiger partial charge in [0.2, 0.25) is 5.91 Å². The molecule has 0 bridgehead atoms. The van der Waals surface area contributed by atoms with Gasteiger partial charge >= 0.3 is 5.97 Å². The molecule has 0 aliphatic carbocycles. The second-order valence-electron chi connectivity index (χ2n) is 5.14. The molecule has 1 amide bonds. The molecule has 2 rings (SSSR count). The minimum absolute atomic E-state index is 0.273. The van der Waals surface area contributed by atoms with E-state index in [1.165, 1.54) is 0 Å². The number of carboxylic acids is 1. The number of benzene rings is 1. The number of aliphatic carboxylic acids is 1. The first kappa shape index (κ1) is 14.7. The van der Waals surface area contributed by atoms with Gasteiger partial charge in [-0.3, -0.25) is 9.59 Å². The second kappa shape index (κ2) is 5.32. The zero-order valence-corrected chi connectivity index (χ0v) is 12.0. The zero-order valence-electron chi connectivity index (χ0n) is 11.2. The number of rotatable bonds is 4. The topological polar surface area (TPSA) is 83.6 Å². The molecule has 1 atom stereocenters. The summed E-state index contributed by atoms with van der Waals surface area (Å²) in [6.07, 6.45) is 1.19. The first-order valence-electron chi connectivity index (χ1n) is 6.47. The number of primary amides is 1. The fourth-order valence-corrected chi connectivity index (χ4v) is 2.88. The zero-order chi connectivity index (χ0) is 14.9. The summed E-state index contributed by atoms with van der Waals surface area (Å²) in [4.78, 5) is 24.5. The van der Waals surface area contributed by atoms with Gasteiger partial charge in [-0.1, -0.05) is 18.5 Å². The highest BCUT2D eigenvalue weighted by molar-refractivity contribution is 6.34. The fraction of sp³-hybridized carbons (Fsp3) is 0.429. The number of hydrogen-bond acceptors (Lipinski definition) is 3. The number of halogens is 1. The number of amides is 1. The Balaban J connectivity index is 2.25. The summed E-state index contributed by atoms with van der Waals surface area (Å²) >= 11 is 6.03. The summed E-state index contributed by atoms with van der Waals surface area (Å²) in [5.74, 6) is -1.33. The summed E-state index contributed by atoms with van der Waals surface area (Å²) in [7, 11) is 0.